The summed E-state index contributed by atoms with van der Waals surface area (Å²) in [4.78, 5) is 6.89. The highest BCUT2D eigenvalue weighted by Crippen LogP contribution is 2.43. The molecule has 1 aromatic carbocycles. The third-order valence-corrected chi connectivity index (χ3v) is 5.45. The van der Waals surface area contributed by atoms with Crippen LogP contribution in [-0.2, 0) is 6.54 Å². The van der Waals surface area contributed by atoms with Gasteiger partial charge in [0.15, 0.2) is 0 Å². The standard InChI is InChI=1S/C20H24N2O2/c1-23-18-6-8-19(9-7-18)24-14-20-16-4-5-17(11-16)22(20)13-15-3-2-10-21-12-15/h2-3,6-10,12,16-17,20H,4-5,11,13-14H2,1H3/t16-,17+,20+/m0/s1. The van der Waals surface area contributed by atoms with Gasteiger partial charge in [0.1, 0.15) is 18.1 Å². The Morgan fingerprint density at radius 1 is 1.12 bits per heavy atom. The lowest BCUT2D eigenvalue weighted by Gasteiger charge is -2.35. The van der Waals surface area contributed by atoms with E-state index in [0.717, 1.165) is 30.6 Å². The van der Waals surface area contributed by atoms with Gasteiger partial charge < -0.3 is 9.47 Å². The summed E-state index contributed by atoms with van der Waals surface area (Å²) in [6.07, 6.45) is 7.79. The number of methoxy groups -OCH3 is 1. The Morgan fingerprint density at radius 2 is 1.96 bits per heavy atom. The quantitative estimate of drug-likeness (QED) is 0.814. The molecule has 126 valence electrons. The van der Waals surface area contributed by atoms with Gasteiger partial charge in [-0.3, -0.25) is 9.88 Å². The molecule has 0 spiro atoms. The summed E-state index contributed by atoms with van der Waals surface area (Å²) in [6, 6.07) is 13.3. The SMILES string of the molecule is COc1ccc(OC[C@@H]2[C@H]3CC[C@H](C3)N2Cc2cccnc2)cc1. The van der Waals surface area contributed by atoms with E-state index in [0.29, 0.717) is 12.1 Å². The first-order valence-electron chi connectivity index (χ1n) is 8.75. The number of rotatable bonds is 6. The molecule has 3 atom stereocenters. The molecular formula is C20H24N2O2. The van der Waals surface area contributed by atoms with E-state index in [1.807, 2.05) is 42.7 Å². The van der Waals surface area contributed by atoms with Crippen LogP contribution in [0.15, 0.2) is 48.8 Å². The van der Waals surface area contributed by atoms with Crippen LogP contribution in [0.25, 0.3) is 0 Å². The van der Waals surface area contributed by atoms with E-state index in [9.17, 15) is 0 Å². The van der Waals surface area contributed by atoms with Crippen LogP contribution in [0.4, 0.5) is 0 Å². The van der Waals surface area contributed by atoms with Crippen LogP contribution in [0, 0.1) is 5.92 Å². The minimum atomic E-state index is 0.506. The Labute approximate surface area is 143 Å². The Balaban J connectivity index is 1.42. The molecule has 4 nitrogen and oxygen atoms in total. The van der Waals surface area contributed by atoms with Gasteiger partial charge in [0, 0.05) is 31.0 Å². The zero-order chi connectivity index (χ0) is 16.4. The Hall–Kier alpha value is -2.07. The summed E-state index contributed by atoms with van der Waals surface area (Å²) < 4.78 is 11.3. The molecule has 2 bridgehead atoms. The van der Waals surface area contributed by atoms with E-state index in [4.69, 9.17) is 9.47 Å². The number of hydrogen-bond acceptors (Lipinski definition) is 4. The van der Waals surface area contributed by atoms with Gasteiger partial charge in [-0.15, -0.1) is 0 Å². The highest BCUT2D eigenvalue weighted by atomic mass is 16.5. The lowest BCUT2D eigenvalue weighted by atomic mass is 9.99. The lowest BCUT2D eigenvalue weighted by Crippen LogP contribution is -2.43. The van der Waals surface area contributed by atoms with Gasteiger partial charge in [0.25, 0.3) is 0 Å². The average Bonchev–Trinajstić information content (AvgIpc) is 3.23. The second-order valence-electron chi connectivity index (χ2n) is 6.81. The Morgan fingerprint density at radius 3 is 2.71 bits per heavy atom. The van der Waals surface area contributed by atoms with Crippen molar-refractivity contribution in [2.75, 3.05) is 13.7 Å². The Kier molecular flexibility index (Phi) is 4.39. The van der Waals surface area contributed by atoms with Crippen molar-refractivity contribution in [1.82, 2.24) is 9.88 Å². The number of likely N-dealkylation sites (tertiary alicyclic amines) is 1. The lowest BCUT2D eigenvalue weighted by molar-refractivity contribution is 0.0866. The predicted octanol–water partition coefficient (Wildman–Crippen LogP) is 3.52. The monoisotopic (exact) mass is 324 g/mol. The summed E-state index contributed by atoms with van der Waals surface area (Å²) in [5.74, 6) is 2.55. The van der Waals surface area contributed by atoms with Gasteiger partial charge in [-0.05, 0) is 61.1 Å². The first-order valence-corrected chi connectivity index (χ1v) is 8.75. The summed E-state index contributed by atoms with van der Waals surface area (Å²) in [5.41, 5.74) is 1.29. The molecule has 2 fully saturated rings. The fourth-order valence-electron chi connectivity index (χ4n) is 4.22. The molecule has 24 heavy (non-hydrogen) atoms. The van der Waals surface area contributed by atoms with Crippen molar-refractivity contribution >= 4 is 0 Å². The summed E-state index contributed by atoms with van der Waals surface area (Å²) >= 11 is 0. The van der Waals surface area contributed by atoms with Gasteiger partial charge in [0.05, 0.1) is 7.11 Å². The first kappa shape index (κ1) is 15.5. The number of aromatic nitrogens is 1. The van der Waals surface area contributed by atoms with Crippen molar-refractivity contribution in [3.05, 3.63) is 54.4 Å². The topological polar surface area (TPSA) is 34.6 Å². The van der Waals surface area contributed by atoms with Crippen molar-refractivity contribution in [3.63, 3.8) is 0 Å². The highest BCUT2D eigenvalue weighted by molar-refractivity contribution is 5.31. The second-order valence-corrected chi connectivity index (χ2v) is 6.81. The molecule has 1 aromatic heterocycles. The van der Waals surface area contributed by atoms with Gasteiger partial charge in [-0.25, -0.2) is 0 Å². The maximum Gasteiger partial charge on any atom is 0.119 e. The summed E-state index contributed by atoms with van der Waals surface area (Å²) in [5, 5.41) is 0. The molecule has 0 N–H and O–H groups in total. The number of benzene rings is 1. The zero-order valence-corrected chi connectivity index (χ0v) is 14.1. The molecule has 4 rings (SSSR count). The van der Waals surface area contributed by atoms with E-state index < -0.39 is 0 Å². The van der Waals surface area contributed by atoms with E-state index in [-0.39, 0.29) is 0 Å². The number of ether oxygens (including phenoxy) is 2. The van der Waals surface area contributed by atoms with Crippen LogP contribution in [0.2, 0.25) is 0 Å². The molecule has 2 heterocycles. The second kappa shape index (κ2) is 6.81. The van der Waals surface area contributed by atoms with Crippen LogP contribution in [0.5, 0.6) is 11.5 Å². The summed E-state index contributed by atoms with van der Waals surface area (Å²) in [6.45, 7) is 1.74. The first-order chi connectivity index (χ1) is 11.8. The molecule has 0 radical (unpaired) electrons. The third kappa shape index (κ3) is 3.11. The molecule has 1 aliphatic carbocycles. The number of pyridine rings is 1. The van der Waals surface area contributed by atoms with Crippen molar-refractivity contribution in [3.8, 4) is 11.5 Å². The maximum absolute atomic E-state index is 6.10. The summed E-state index contributed by atoms with van der Waals surface area (Å²) in [7, 11) is 1.68. The van der Waals surface area contributed by atoms with Crippen LogP contribution in [0.1, 0.15) is 24.8 Å². The minimum absolute atomic E-state index is 0.506. The zero-order valence-electron chi connectivity index (χ0n) is 14.1. The fourth-order valence-corrected chi connectivity index (χ4v) is 4.22. The number of nitrogens with zero attached hydrogens (tertiary/aromatic N) is 2. The number of hydrogen-bond donors (Lipinski definition) is 0. The molecule has 1 aliphatic heterocycles. The van der Waals surface area contributed by atoms with Crippen LogP contribution >= 0.6 is 0 Å². The fraction of sp³-hybridized carbons (Fsp3) is 0.450. The van der Waals surface area contributed by atoms with E-state index in [1.165, 1.54) is 24.8 Å². The van der Waals surface area contributed by atoms with Gasteiger partial charge in [0.2, 0.25) is 0 Å². The van der Waals surface area contributed by atoms with Gasteiger partial charge >= 0.3 is 0 Å². The molecule has 2 aromatic rings. The molecule has 1 saturated heterocycles. The normalized spacial score (nSPS) is 25.8. The van der Waals surface area contributed by atoms with Crippen LogP contribution in [0.3, 0.4) is 0 Å². The Bertz CT molecular complexity index is 659. The molecule has 1 saturated carbocycles. The van der Waals surface area contributed by atoms with Crippen molar-refractivity contribution in [2.45, 2.75) is 37.9 Å². The largest absolute Gasteiger partial charge is 0.497 e. The number of fused-ring (bicyclic) bond motifs is 2. The highest BCUT2D eigenvalue weighted by Gasteiger charge is 2.45. The number of piperidine rings is 1. The minimum Gasteiger partial charge on any atom is -0.497 e. The van der Waals surface area contributed by atoms with Crippen LogP contribution in [-0.4, -0.2) is 35.7 Å². The van der Waals surface area contributed by atoms with Crippen molar-refractivity contribution < 1.29 is 9.47 Å². The molecule has 2 aliphatic rings. The van der Waals surface area contributed by atoms with Gasteiger partial charge in [-0.1, -0.05) is 6.07 Å². The predicted molar refractivity (Wildman–Crippen MR) is 93.2 cm³/mol. The molecule has 0 amide bonds. The average molecular weight is 324 g/mol. The maximum atomic E-state index is 6.10. The van der Waals surface area contributed by atoms with Crippen LogP contribution < -0.4 is 9.47 Å². The molecule has 0 unspecified atom stereocenters. The van der Waals surface area contributed by atoms with E-state index >= 15 is 0 Å². The van der Waals surface area contributed by atoms with Gasteiger partial charge in [-0.2, -0.15) is 0 Å². The van der Waals surface area contributed by atoms with Crippen molar-refractivity contribution in [2.24, 2.45) is 5.92 Å². The third-order valence-electron chi connectivity index (χ3n) is 5.45. The van der Waals surface area contributed by atoms with E-state index in [1.54, 1.807) is 7.11 Å². The van der Waals surface area contributed by atoms with E-state index in [2.05, 4.69) is 16.0 Å². The smallest absolute Gasteiger partial charge is 0.119 e. The molecule has 4 heteroatoms. The molecular weight excluding hydrogens is 300 g/mol. The van der Waals surface area contributed by atoms with Crippen molar-refractivity contribution in [1.29, 1.82) is 0 Å².